The molecule has 1 aliphatic heterocycles. The number of carboxylic acids is 1. The van der Waals surface area contributed by atoms with E-state index in [1.165, 1.54) is 23.9 Å². The zero-order valence-corrected chi connectivity index (χ0v) is 13.4. The molecule has 0 aliphatic carbocycles. The van der Waals surface area contributed by atoms with E-state index >= 15 is 0 Å². The van der Waals surface area contributed by atoms with Gasteiger partial charge in [0.15, 0.2) is 0 Å². The van der Waals surface area contributed by atoms with Gasteiger partial charge in [0.05, 0.1) is 10.9 Å². The summed E-state index contributed by atoms with van der Waals surface area (Å²) in [6.45, 7) is 0. The van der Waals surface area contributed by atoms with Crippen LogP contribution < -0.4 is 0 Å². The Hall–Kier alpha value is -0.280. The van der Waals surface area contributed by atoms with Crippen molar-refractivity contribution in [3.8, 4) is 0 Å². The number of sulfonamides is 1. The number of hydrogen-bond acceptors (Lipinski definition) is 4. The number of halogens is 2. The molecule has 1 fully saturated rings. The molecular formula is C10H9BrClNO4S2. The van der Waals surface area contributed by atoms with E-state index in [2.05, 4.69) is 15.9 Å². The third-order valence-corrected chi connectivity index (χ3v) is 6.61. The highest BCUT2D eigenvalue weighted by Crippen LogP contribution is 2.32. The van der Waals surface area contributed by atoms with Crippen molar-refractivity contribution in [2.24, 2.45) is 0 Å². The van der Waals surface area contributed by atoms with Crippen LogP contribution in [-0.2, 0) is 14.8 Å². The van der Waals surface area contributed by atoms with Crippen LogP contribution in [0, 0.1) is 0 Å². The predicted molar refractivity (Wildman–Crippen MR) is 76.9 cm³/mol. The predicted octanol–water partition coefficient (Wildman–Crippen LogP) is 2.25. The molecule has 1 atom stereocenters. The van der Waals surface area contributed by atoms with Gasteiger partial charge in [0.2, 0.25) is 10.0 Å². The highest BCUT2D eigenvalue weighted by molar-refractivity contribution is 9.10. The molecular weight excluding hydrogens is 378 g/mol. The minimum absolute atomic E-state index is 0.0652. The topological polar surface area (TPSA) is 74.7 Å². The molecule has 5 nitrogen and oxygen atoms in total. The van der Waals surface area contributed by atoms with Crippen molar-refractivity contribution in [1.29, 1.82) is 0 Å². The van der Waals surface area contributed by atoms with E-state index in [4.69, 9.17) is 16.7 Å². The second-order valence-electron chi connectivity index (χ2n) is 3.82. The normalized spacial score (nSPS) is 20.6. The van der Waals surface area contributed by atoms with Crippen LogP contribution >= 0.6 is 39.3 Å². The van der Waals surface area contributed by atoms with Gasteiger partial charge in [0.1, 0.15) is 10.9 Å². The van der Waals surface area contributed by atoms with Gasteiger partial charge in [-0.05, 0) is 18.2 Å². The summed E-state index contributed by atoms with van der Waals surface area (Å²) in [7, 11) is -3.90. The van der Waals surface area contributed by atoms with Gasteiger partial charge in [-0.3, -0.25) is 4.79 Å². The van der Waals surface area contributed by atoms with Crippen molar-refractivity contribution in [3.63, 3.8) is 0 Å². The number of aliphatic carboxylic acids is 1. The number of rotatable bonds is 3. The van der Waals surface area contributed by atoms with E-state index < -0.39 is 22.0 Å². The fourth-order valence-corrected chi connectivity index (χ4v) is 5.82. The first-order valence-electron chi connectivity index (χ1n) is 5.11. The van der Waals surface area contributed by atoms with Gasteiger partial charge in [-0.1, -0.05) is 27.5 Å². The molecule has 0 spiro atoms. The first-order chi connectivity index (χ1) is 8.84. The van der Waals surface area contributed by atoms with Gasteiger partial charge >= 0.3 is 5.97 Å². The van der Waals surface area contributed by atoms with Crippen LogP contribution in [0.3, 0.4) is 0 Å². The van der Waals surface area contributed by atoms with Crippen LogP contribution in [0.2, 0.25) is 5.02 Å². The van der Waals surface area contributed by atoms with Gasteiger partial charge in [-0.15, -0.1) is 11.8 Å². The van der Waals surface area contributed by atoms with Crippen molar-refractivity contribution >= 4 is 55.3 Å². The highest BCUT2D eigenvalue weighted by atomic mass is 79.9. The lowest BCUT2D eigenvalue weighted by atomic mass is 10.4. The molecule has 1 aromatic rings. The minimum atomic E-state index is -3.90. The number of carboxylic acid groups (broad SMARTS) is 1. The smallest absolute Gasteiger partial charge is 0.322 e. The summed E-state index contributed by atoms with van der Waals surface area (Å²) < 4.78 is 26.5. The zero-order valence-electron chi connectivity index (χ0n) is 9.42. The Bertz CT molecular complexity index is 622. The van der Waals surface area contributed by atoms with Crippen molar-refractivity contribution in [2.75, 3.05) is 11.6 Å². The fourth-order valence-electron chi connectivity index (χ4n) is 1.67. The second kappa shape index (κ2) is 5.61. The third-order valence-electron chi connectivity index (χ3n) is 2.61. The molecule has 0 bridgehead atoms. The number of carbonyl (C=O) groups is 1. The lowest BCUT2D eigenvalue weighted by molar-refractivity contribution is -0.140. The molecule has 2 rings (SSSR count). The Labute approximate surface area is 128 Å². The number of nitrogens with zero attached hydrogens (tertiary/aromatic N) is 1. The monoisotopic (exact) mass is 385 g/mol. The van der Waals surface area contributed by atoms with E-state index in [0.29, 0.717) is 4.47 Å². The van der Waals surface area contributed by atoms with Crippen LogP contribution in [0.1, 0.15) is 0 Å². The van der Waals surface area contributed by atoms with Gasteiger partial charge in [-0.2, -0.15) is 4.31 Å². The third kappa shape index (κ3) is 2.92. The molecule has 0 radical (unpaired) electrons. The maximum atomic E-state index is 12.4. The average Bonchev–Trinajstić information content (AvgIpc) is 2.77. The van der Waals surface area contributed by atoms with Crippen molar-refractivity contribution in [3.05, 3.63) is 27.7 Å². The summed E-state index contributed by atoms with van der Waals surface area (Å²) in [5, 5.41) is 9.11. The molecule has 1 heterocycles. The van der Waals surface area contributed by atoms with Crippen LogP contribution in [-0.4, -0.2) is 41.5 Å². The molecule has 1 aliphatic rings. The molecule has 19 heavy (non-hydrogen) atoms. The molecule has 0 aromatic heterocycles. The van der Waals surface area contributed by atoms with E-state index in [0.717, 1.165) is 4.31 Å². The summed E-state index contributed by atoms with van der Waals surface area (Å²) in [6, 6.07) is 3.34. The SMILES string of the molecule is O=C(O)C1CSCN1S(=O)(=O)c1ccc(Br)cc1Cl. The van der Waals surface area contributed by atoms with E-state index in [-0.39, 0.29) is 21.5 Å². The van der Waals surface area contributed by atoms with Gasteiger partial charge in [0.25, 0.3) is 0 Å². The first-order valence-corrected chi connectivity index (χ1v) is 8.88. The molecule has 0 amide bonds. The summed E-state index contributed by atoms with van der Waals surface area (Å²) in [4.78, 5) is 11.0. The van der Waals surface area contributed by atoms with Crippen molar-refractivity contribution < 1.29 is 18.3 Å². The Morgan fingerprint density at radius 1 is 1.53 bits per heavy atom. The zero-order chi connectivity index (χ0) is 14.2. The lowest BCUT2D eigenvalue weighted by Gasteiger charge is -2.20. The number of hydrogen-bond donors (Lipinski definition) is 1. The van der Waals surface area contributed by atoms with Gasteiger partial charge < -0.3 is 5.11 Å². The minimum Gasteiger partial charge on any atom is -0.480 e. The van der Waals surface area contributed by atoms with Crippen LogP contribution in [0.15, 0.2) is 27.6 Å². The Balaban J connectivity index is 2.45. The molecule has 0 saturated carbocycles. The number of thioether (sulfide) groups is 1. The Kier molecular flexibility index (Phi) is 4.46. The molecule has 1 aromatic carbocycles. The van der Waals surface area contributed by atoms with Crippen molar-refractivity contribution in [1.82, 2.24) is 4.31 Å². The average molecular weight is 387 g/mol. The first kappa shape index (κ1) is 15.1. The summed E-state index contributed by atoms with van der Waals surface area (Å²) >= 11 is 10.4. The molecule has 1 N–H and O–H groups in total. The molecule has 1 saturated heterocycles. The van der Waals surface area contributed by atoms with Crippen LogP contribution in [0.5, 0.6) is 0 Å². The number of benzene rings is 1. The summed E-state index contributed by atoms with van der Waals surface area (Å²) in [5.41, 5.74) is 0. The van der Waals surface area contributed by atoms with Crippen LogP contribution in [0.4, 0.5) is 0 Å². The summed E-state index contributed by atoms with van der Waals surface area (Å²) in [6.07, 6.45) is 0. The van der Waals surface area contributed by atoms with Crippen molar-refractivity contribution in [2.45, 2.75) is 10.9 Å². The van der Waals surface area contributed by atoms with Crippen LogP contribution in [0.25, 0.3) is 0 Å². The van der Waals surface area contributed by atoms with E-state index in [1.807, 2.05) is 0 Å². The molecule has 104 valence electrons. The molecule has 1 unspecified atom stereocenters. The maximum absolute atomic E-state index is 12.4. The largest absolute Gasteiger partial charge is 0.480 e. The second-order valence-corrected chi connectivity index (χ2v) is 8.00. The highest BCUT2D eigenvalue weighted by Gasteiger charge is 2.40. The standard InChI is InChI=1S/C10H9BrClNO4S2/c11-6-1-2-9(7(12)3-6)19(16,17)13-5-18-4-8(13)10(14)15/h1-3,8H,4-5H2,(H,14,15). The lowest BCUT2D eigenvalue weighted by Crippen LogP contribution is -2.41. The fraction of sp³-hybridized carbons (Fsp3) is 0.300. The van der Waals surface area contributed by atoms with Gasteiger partial charge in [-0.25, -0.2) is 8.42 Å². The van der Waals surface area contributed by atoms with Gasteiger partial charge in [0, 0.05) is 10.2 Å². The molecule has 9 heteroatoms. The Morgan fingerprint density at radius 3 is 2.79 bits per heavy atom. The maximum Gasteiger partial charge on any atom is 0.322 e. The summed E-state index contributed by atoms with van der Waals surface area (Å²) in [5.74, 6) is -0.796. The van der Waals surface area contributed by atoms with E-state index in [9.17, 15) is 13.2 Å². The quantitative estimate of drug-likeness (QED) is 0.862. The van der Waals surface area contributed by atoms with E-state index in [1.54, 1.807) is 6.07 Å². The Morgan fingerprint density at radius 2 is 2.21 bits per heavy atom.